The molecule has 0 radical (unpaired) electrons. The summed E-state index contributed by atoms with van der Waals surface area (Å²) in [7, 11) is 0. The molecule has 114 valence electrons. The van der Waals surface area contributed by atoms with Crippen molar-refractivity contribution in [3.63, 3.8) is 0 Å². The molecule has 1 atom stereocenters. The number of ether oxygens (including phenoxy) is 1. The quantitative estimate of drug-likeness (QED) is 0.816. The topological polar surface area (TPSA) is 66.8 Å². The van der Waals surface area contributed by atoms with Gasteiger partial charge in [-0.25, -0.2) is 4.79 Å². The number of aliphatic carboxylic acids is 1. The fourth-order valence-electron chi connectivity index (χ4n) is 2.51. The van der Waals surface area contributed by atoms with E-state index in [4.69, 9.17) is 9.84 Å². The largest absolute Gasteiger partial charge is 0.494 e. The van der Waals surface area contributed by atoms with Crippen molar-refractivity contribution in [2.45, 2.75) is 38.6 Å². The molecule has 2 rings (SSSR count). The molecule has 0 saturated carbocycles. The third-order valence-electron chi connectivity index (χ3n) is 3.68. The van der Waals surface area contributed by atoms with Crippen molar-refractivity contribution in [3.8, 4) is 5.75 Å². The van der Waals surface area contributed by atoms with Crippen molar-refractivity contribution < 1.29 is 19.4 Å². The van der Waals surface area contributed by atoms with E-state index in [2.05, 4.69) is 0 Å². The van der Waals surface area contributed by atoms with Crippen molar-refractivity contribution in [1.82, 2.24) is 4.90 Å². The van der Waals surface area contributed by atoms with Gasteiger partial charge in [-0.2, -0.15) is 0 Å². The summed E-state index contributed by atoms with van der Waals surface area (Å²) >= 11 is 0. The average molecular weight is 291 g/mol. The Kier molecular flexibility index (Phi) is 5.20. The smallest absolute Gasteiger partial charge is 0.326 e. The molecule has 1 fully saturated rings. The van der Waals surface area contributed by atoms with Gasteiger partial charge in [0.05, 0.1) is 6.61 Å². The lowest BCUT2D eigenvalue weighted by molar-refractivity contribution is -0.148. The van der Waals surface area contributed by atoms with E-state index in [0.717, 1.165) is 12.2 Å². The third-order valence-corrected chi connectivity index (χ3v) is 3.68. The molecular weight excluding hydrogens is 270 g/mol. The third kappa shape index (κ3) is 4.21. The van der Waals surface area contributed by atoms with E-state index in [1.54, 1.807) is 0 Å². The van der Waals surface area contributed by atoms with Crippen LogP contribution in [-0.2, 0) is 9.59 Å². The number of benzene rings is 1. The lowest BCUT2D eigenvalue weighted by Crippen LogP contribution is -2.40. The number of carboxylic acids is 1. The normalized spacial score (nSPS) is 17.8. The fourth-order valence-corrected chi connectivity index (χ4v) is 2.51. The van der Waals surface area contributed by atoms with Gasteiger partial charge in [0, 0.05) is 13.0 Å². The molecule has 0 aliphatic carbocycles. The SMILES string of the molecule is Cc1ccc(OCCCC(=O)N2CCCC2C(=O)O)cc1. The second-order valence-electron chi connectivity index (χ2n) is 5.35. The van der Waals surface area contributed by atoms with Crippen molar-refractivity contribution in [1.29, 1.82) is 0 Å². The molecule has 5 heteroatoms. The summed E-state index contributed by atoms with van der Waals surface area (Å²) in [6, 6.07) is 7.11. The predicted octanol–water partition coefficient (Wildman–Crippen LogP) is 2.23. The van der Waals surface area contributed by atoms with Gasteiger partial charge in [-0.1, -0.05) is 17.7 Å². The molecule has 1 aromatic rings. The van der Waals surface area contributed by atoms with Crippen molar-refractivity contribution in [2.24, 2.45) is 0 Å². The molecule has 1 N–H and O–H groups in total. The minimum Gasteiger partial charge on any atom is -0.494 e. The number of carboxylic acid groups (broad SMARTS) is 1. The van der Waals surface area contributed by atoms with E-state index < -0.39 is 12.0 Å². The first-order valence-corrected chi connectivity index (χ1v) is 7.29. The molecule has 1 aromatic carbocycles. The van der Waals surface area contributed by atoms with Gasteiger partial charge in [-0.05, 0) is 38.3 Å². The Morgan fingerprint density at radius 2 is 2.05 bits per heavy atom. The Labute approximate surface area is 124 Å². The maximum Gasteiger partial charge on any atom is 0.326 e. The van der Waals surface area contributed by atoms with Crippen LogP contribution in [0.1, 0.15) is 31.2 Å². The molecule has 0 aromatic heterocycles. The van der Waals surface area contributed by atoms with Gasteiger partial charge in [-0.3, -0.25) is 4.79 Å². The number of carbonyl (C=O) groups excluding carboxylic acids is 1. The lowest BCUT2D eigenvalue weighted by atomic mass is 10.2. The van der Waals surface area contributed by atoms with Crippen LogP contribution in [0.25, 0.3) is 0 Å². The van der Waals surface area contributed by atoms with E-state index in [1.807, 2.05) is 31.2 Å². The highest BCUT2D eigenvalue weighted by atomic mass is 16.5. The van der Waals surface area contributed by atoms with Gasteiger partial charge in [0.15, 0.2) is 0 Å². The molecule has 0 spiro atoms. The van der Waals surface area contributed by atoms with Crippen LogP contribution >= 0.6 is 0 Å². The number of hydrogen-bond acceptors (Lipinski definition) is 3. The van der Waals surface area contributed by atoms with Gasteiger partial charge >= 0.3 is 5.97 Å². The van der Waals surface area contributed by atoms with Crippen LogP contribution < -0.4 is 4.74 Å². The molecule has 21 heavy (non-hydrogen) atoms. The standard InChI is InChI=1S/C16H21NO4/c1-12-6-8-13(9-7-12)21-11-3-5-15(18)17-10-2-4-14(17)16(19)20/h6-9,14H,2-5,10-11H2,1H3,(H,19,20). The van der Waals surface area contributed by atoms with Gasteiger partial charge in [-0.15, -0.1) is 0 Å². The van der Waals surface area contributed by atoms with Gasteiger partial charge < -0.3 is 14.7 Å². The van der Waals surface area contributed by atoms with E-state index in [0.29, 0.717) is 32.4 Å². The molecule has 1 unspecified atom stereocenters. The average Bonchev–Trinajstić information content (AvgIpc) is 2.95. The molecule has 1 aliphatic heterocycles. The first-order chi connectivity index (χ1) is 10.1. The van der Waals surface area contributed by atoms with E-state index in [-0.39, 0.29) is 5.91 Å². The summed E-state index contributed by atoms with van der Waals surface area (Å²) in [5, 5.41) is 9.06. The molecule has 1 saturated heterocycles. The summed E-state index contributed by atoms with van der Waals surface area (Å²) in [5.74, 6) is -0.207. The van der Waals surface area contributed by atoms with Crippen LogP contribution in [-0.4, -0.2) is 41.1 Å². The lowest BCUT2D eigenvalue weighted by Gasteiger charge is -2.21. The monoisotopic (exact) mass is 291 g/mol. The summed E-state index contributed by atoms with van der Waals surface area (Å²) in [6.07, 6.45) is 2.24. The van der Waals surface area contributed by atoms with E-state index >= 15 is 0 Å². The van der Waals surface area contributed by atoms with Crippen LogP contribution in [0.4, 0.5) is 0 Å². The summed E-state index contributed by atoms with van der Waals surface area (Å²) in [5.41, 5.74) is 1.17. The van der Waals surface area contributed by atoms with Gasteiger partial charge in [0.25, 0.3) is 0 Å². The maximum atomic E-state index is 12.0. The Morgan fingerprint density at radius 3 is 2.71 bits per heavy atom. The minimum atomic E-state index is -0.906. The van der Waals surface area contributed by atoms with Crippen LogP contribution in [0, 0.1) is 6.92 Å². The number of nitrogens with zero attached hydrogens (tertiary/aromatic N) is 1. The minimum absolute atomic E-state index is 0.0904. The fraction of sp³-hybridized carbons (Fsp3) is 0.500. The Balaban J connectivity index is 1.72. The number of aryl methyl sites for hydroxylation is 1. The van der Waals surface area contributed by atoms with Crippen LogP contribution in [0.5, 0.6) is 5.75 Å². The molecule has 0 bridgehead atoms. The van der Waals surface area contributed by atoms with Crippen molar-refractivity contribution in [3.05, 3.63) is 29.8 Å². The first-order valence-electron chi connectivity index (χ1n) is 7.29. The second-order valence-corrected chi connectivity index (χ2v) is 5.35. The summed E-state index contributed by atoms with van der Waals surface area (Å²) < 4.78 is 5.56. The van der Waals surface area contributed by atoms with E-state index in [9.17, 15) is 9.59 Å². The first kappa shape index (κ1) is 15.4. The van der Waals surface area contributed by atoms with Gasteiger partial charge in [0.2, 0.25) is 5.91 Å². The Hall–Kier alpha value is -2.04. The summed E-state index contributed by atoms with van der Waals surface area (Å²) in [6.45, 7) is 3.02. The van der Waals surface area contributed by atoms with Crippen LogP contribution in [0.15, 0.2) is 24.3 Å². The Morgan fingerprint density at radius 1 is 1.33 bits per heavy atom. The van der Waals surface area contributed by atoms with E-state index in [1.165, 1.54) is 10.5 Å². The van der Waals surface area contributed by atoms with Crippen LogP contribution in [0.3, 0.4) is 0 Å². The highest BCUT2D eigenvalue weighted by Crippen LogP contribution is 2.19. The molecule has 5 nitrogen and oxygen atoms in total. The van der Waals surface area contributed by atoms with Crippen LogP contribution in [0.2, 0.25) is 0 Å². The number of carbonyl (C=O) groups is 2. The van der Waals surface area contributed by atoms with Crippen molar-refractivity contribution >= 4 is 11.9 Å². The molecule has 1 aliphatic rings. The highest BCUT2D eigenvalue weighted by Gasteiger charge is 2.33. The number of likely N-dealkylation sites (tertiary alicyclic amines) is 1. The zero-order chi connectivity index (χ0) is 15.2. The predicted molar refractivity (Wildman–Crippen MR) is 78.3 cm³/mol. The zero-order valence-electron chi connectivity index (χ0n) is 12.2. The molecular formula is C16H21NO4. The number of amides is 1. The number of rotatable bonds is 6. The number of hydrogen-bond donors (Lipinski definition) is 1. The molecule has 1 amide bonds. The highest BCUT2D eigenvalue weighted by molar-refractivity contribution is 5.84. The zero-order valence-corrected chi connectivity index (χ0v) is 12.2. The van der Waals surface area contributed by atoms with Gasteiger partial charge in [0.1, 0.15) is 11.8 Å². The van der Waals surface area contributed by atoms with Crippen molar-refractivity contribution in [2.75, 3.05) is 13.2 Å². The maximum absolute atomic E-state index is 12.0. The molecule has 1 heterocycles. The second kappa shape index (κ2) is 7.11. The Bertz CT molecular complexity index is 498. The summed E-state index contributed by atoms with van der Waals surface area (Å²) in [4.78, 5) is 24.5.